The molecule has 1 aromatic carbocycles. The van der Waals surface area contributed by atoms with Gasteiger partial charge in [-0.1, -0.05) is 42.8 Å². The number of benzene rings is 1. The Morgan fingerprint density at radius 3 is 2.37 bits per heavy atom. The van der Waals surface area contributed by atoms with Gasteiger partial charge in [-0.25, -0.2) is 0 Å². The first kappa shape index (κ1) is 16.9. The summed E-state index contributed by atoms with van der Waals surface area (Å²) in [4.78, 5) is 0. The minimum atomic E-state index is -1.80. The van der Waals surface area contributed by atoms with Gasteiger partial charge in [-0.3, -0.25) is 0 Å². The van der Waals surface area contributed by atoms with Crippen molar-refractivity contribution >= 4 is 24.2 Å². The van der Waals surface area contributed by atoms with Crippen molar-refractivity contribution < 1.29 is 9.53 Å². The molecule has 0 aliphatic carbocycles. The molecule has 2 nitrogen and oxygen atoms in total. The maximum absolute atomic E-state index is 10.3. The zero-order valence-corrected chi connectivity index (χ0v) is 15.3. The molecule has 19 heavy (non-hydrogen) atoms. The summed E-state index contributed by atoms with van der Waals surface area (Å²) < 4.78 is 7.11. The van der Waals surface area contributed by atoms with Gasteiger partial charge in [0.15, 0.2) is 8.32 Å². The molecule has 0 bridgehead atoms. The summed E-state index contributed by atoms with van der Waals surface area (Å²) in [5.41, 5.74) is 2.03. The molecule has 1 unspecified atom stereocenters. The molecule has 0 saturated carbocycles. The lowest BCUT2D eigenvalue weighted by Gasteiger charge is -2.36. The smallest absolute Gasteiger partial charge is 0.192 e. The predicted octanol–water partition coefficient (Wildman–Crippen LogP) is 4.81. The van der Waals surface area contributed by atoms with Crippen molar-refractivity contribution in [1.82, 2.24) is 0 Å². The zero-order chi connectivity index (χ0) is 14.8. The molecule has 1 N–H and O–H groups in total. The average molecular weight is 345 g/mol. The van der Waals surface area contributed by atoms with Crippen molar-refractivity contribution in [2.24, 2.45) is 0 Å². The first-order chi connectivity index (χ1) is 8.54. The van der Waals surface area contributed by atoms with Gasteiger partial charge < -0.3 is 9.53 Å². The van der Waals surface area contributed by atoms with Crippen LogP contribution in [0.4, 0.5) is 0 Å². The number of halogens is 1. The normalized spacial score (nSPS) is 14.5. The summed E-state index contributed by atoms with van der Waals surface area (Å²) in [5.74, 6) is 0. The van der Waals surface area contributed by atoms with Crippen LogP contribution in [0.1, 0.15) is 38.0 Å². The molecular formula is C15H25BrO2Si. The van der Waals surface area contributed by atoms with Crippen LogP contribution in [0.2, 0.25) is 18.1 Å². The van der Waals surface area contributed by atoms with Crippen LogP contribution in [0.5, 0.6) is 0 Å². The Labute approximate surface area is 126 Å². The van der Waals surface area contributed by atoms with E-state index in [9.17, 15) is 5.11 Å². The second-order valence-corrected chi connectivity index (χ2v) is 12.3. The van der Waals surface area contributed by atoms with Crippen molar-refractivity contribution in [2.45, 2.75) is 51.9 Å². The van der Waals surface area contributed by atoms with Crippen LogP contribution in [0.25, 0.3) is 0 Å². The quantitative estimate of drug-likeness (QED) is 0.794. The Hall–Kier alpha value is -0.163. The first-order valence-electron chi connectivity index (χ1n) is 6.62. The largest absolute Gasteiger partial charge is 0.414 e. The Morgan fingerprint density at radius 1 is 1.32 bits per heavy atom. The third kappa shape index (κ3) is 4.41. The Balaban J connectivity index is 2.73. The molecule has 108 valence electrons. The standard InChI is InChI=1S/C15H25BrO2Si/c1-11-9-12(16)7-8-13(11)14(17)10-18-19(5,6)15(2,3)4/h7-9,14,17H,10H2,1-6H3. The van der Waals surface area contributed by atoms with E-state index in [0.717, 1.165) is 15.6 Å². The minimum absolute atomic E-state index is 0.168. The zero-order valence-electron chi connectivity index (χ0n) is 12.7. The molecule has 0 aliphatic heterocycles. The highest BCUT2D eigenvalue weighted by molar-refractivity contribution is 9.10. The van der Waals surface area contributed by atoms with Crippen LogP contribution in [0.3, 0.4) is 0 Å². The topological polar surface area (TPSA) is 29.5 Å². The van der Waals surface area contributed by atoms with Gasteiger partial charge in [0.05, 0.1) is 6.61 Å². The summed E-state index contributed by atoms with van der Waals surface area (Å²) in [6.45, 7) is 13.4. The molecule has 0 heterocycles. The molecule has 0 saturated heterocycles. The predicted molar refractivity (Wildman–Crippen MR) is 87.0 cm³/mol. The average Bonchev–Trinajstić information content (AvgIpc) is 2.24. The number of rotatable bonds is 4. The monoisotopic (exact) mass is 344 g/mol. The van der Waals surface area contributed by atoms with Crippen LogP contribution in [-0.4, -0.2) is 20.0 Å². The van der Waals surface area contributed by atoms with Gasteiger partial charge in [-0.15, -0.1) is 0 Å². The van der Waals surface area contributed by atoms with Crippen molar-refractivity contribution in [3.05, 3.63) is 33.8 Å². The van der Waals surface area contributed by atoms with E-state index in [1.165, 1.54) is 0 Å². The van der Waals surface area contributed by atoms with Crippen molar-refractivity contribution in [3.8, 4) is 0 Å². The Kier molecular flexibility index (Phi) is 5.41. The van der Waals surface area contributed by atoms with E-state index in [4.69, 9.17) is 4.43 Å². The molecule has 0 amide bonds. The summed E-state index contributed by atoms with van der Waals surface area (Å²) in [6, 6.07) is 5.93. The molecule has 0 fully saturated rings. The number of hydrogen-bond acceptors (Lipinski definition) is 2. The fourth-order valence-electron chi connectivity index (χ4n) is 1.61. The van der Waals surface area contributed by atoms with E-state index in [1.807, 2.05) is 25.1 Å². The second-order valence-electron chi connectivity index (χ2n) is 6.59. The van der Waals surface area contributed by atoms with E-state index < -0.39 is 14.4 Å². The summed E-state index contributed by atoms with van der Waals surface area (Å²) in [7, 11) is -1.80. The van der Waals surface area contributed by atoms with Gasteiger partial charge in [-0.2, -0.15) is 0 Å². The molecule has 1 atom stereocenters. The highest BCUT2D eigenvalue weighted by atomic mass is 79.9. The molecule has 0 aromatic heterocycles. The minimum Gasteiger partial charge on any atom is -0.414 e. The first-order valence-corrected chi connectivity index (χ1v) is 10.3. The highest BCUT2D eigenvalue weighted by Crippen LogP contribution is 2.37. The van der Waals surface area contributed by atoms with Gasteiger partial charge in [-0.05, 0) is 48.3 Å². The van der Waals surface area contributed by atoms with Crippen LogP contribution in [-0.2, 0) is 4.43 Å². The number of aryl methyl sites for hydroxylation is 1. The van der Waals surface area contributed by atoms with Gasteiger partial charge in [0, 0.05) is 4.47 Å². The summed E-state index contributed by atoms with van der Waals surface area (Å²) >= 11 is 3.44. The molecule has 4 heteroatoms. The van der Waals surface area contributed by atoms with E-state index in [0.29, 0.717) is 6.61 Å². The van der Waals surface area contributed by atoms with Gasteiger partial charge in [0.25, 0.3) is 0 Å². The van der Waals surface area contributed by atoms with Crippen molar-refractivity contribution in [2.75, 3.05) is 6.61 Å². The van der Waals surface area contributed by atoms with E-state index in [1.54, 1.807) is 0 Å². The van der Waals surface area contributed by atoms with E-state index in [2.05, 4.69) is 49.8 Å². The molecule has 0 spiro atoms. The fourth-order valence-corrected chi connectivity index (χ4v) is 3.09. The number of hydrogen-bond donors (Lipinski definition) is 1. The lowest BCUT2D eigenvalue weighted by molar-refractivity contribution is 0.0998. The maximum Gasteiger partial charge on any atom is 0.192 e. The second kappa shape index (κ2) is 6.08. The van der Waals surface area contributed by atoms with Crippen LogP contribution in [0.15, 0.2) is 22.7 Å². The molecule has 0 aliphatic rings. The number of aliphatic hydroxyl groups excluding tert-OH is 1. The maximum atomic E-state index is 10.3. The van der Waals surface area contributed by atoms with Crippen LogP contribution < -0.4 is 0 Å². The van der Waals surface area contributed by atoms with Crippen LogP contribution in [0, 0.1) is 6.92 Å². The molecule has 0 radical (unpaired) electrons. The lowest BCUT2D eigenvalue weighted by Crippen LogP contribution is -2.41. The molecule has 1 rings (SSSR count). The Bertz CT molecular complexity index is 438. The highest BCUT2D eigenvalue weighted by Gasteiger charge is 2.37. The summed E-state index contributed by atoms with van der Waals surface area (Å²) in [5, 5.41) is 10.5. The Morgan fingerprint density at radius 2 is 1.89 bits per heavy atom. The van der Waals surface area contributed by atoms with Gasteiger partial charge in [0.2, 0.25) is 0 Å². The van der Waals surface area contributed by atoms with Crippen molar-refractivity contribution in [3.63, 3.8) is 0 Å². The van der Waals surface area contributed by atoms with Gasteiger partial charge >= 0.3 is 0 Å². The van der Waals surface area contributed by atoms with E-state index in [-0.39, 0.29) is 5.04 Å². The molecule has 1 aromatic rings. The summed E-state index contributed by atoms with van der Waals surface area (Å²) in [6.07, 6.45) is -0.553. The van der Waals surface area contributed by atoms with Crippen molar-refractivity contribution in [1.29, 1.82) is 0 Å². The lowest BCUT2D eigenvalue weighted by atomic mass is 10.0. The van der Waals surface area contributed by atoms with E-state index >= 15 is 0 Å². The third-order valence-corrected chi connectivity index (χ3v) is 8.99. The van der Waals surface area contributed by atoms with Gasteiger partial charge in [0.1, 0.15) is 6.10 Å². The fraction of sp³-hybridized carbons (Fsp3) is 0.600. The number of aliphatic hydroxyl groups is 1. The molecular weight excluding hydrogens is 320 g/mol. The third-order valence-electron chi connectivity index (χ3n) is 4.00. The van der Waals surface area contributed by atoms with Crippen LogP contribution >= 0.6 is 15.9 Å². The SMILES string of the molecule is Cc1cc(Br)ccc1C(O)CO[Si](C)(C)C(C)(C)C.